The topological polar surface area (TPSA) is 6.48 Å². The Balaban J connectivity index is 1.59. The third-order valence-electron chi connectivity index (χ3n) is 8.45. The largest absolute Gasteiger partial charge is 0.310 e. The molecule has 2 nitrogen and oxygen atoms in total. The van der Waals surface area contributed by atoms with Crippen LogP contribution in [0.5, 0.6) is 0 Å². The van der Waals surface area contributed by atoms with Crippen LogP contribution in [0.3, 0.4) is 0 Å². The Kier molecular flexibility index (Phi) is 7.87. The van der Waals surface area contributed by atoms with Gasteiger partial charge in [0.25, 0.3) is 0 Å². The molecule has 0 N–H and O–H groups in total. The zero-order valence-electron chi connectivity index (χ0n) is 25.6. The van der Waals surface area contributed by atoms with Gasteiger partial charge in [0.05, 0.1) is 11.4 Å². The standard InChI is InChI=1S/C43H36N2/c1-3-4-27-37-32(2)42(44(33-19-9-5-10-20-33)34-21-11-6-12-22-34)30-41-38-28-17-18-29-39(38)43(31-40(37)41)45(35-23-13-7-14-24-35)36-25-15-8-16-26-36/h5-31H,2-4H2,1H3/b37-27+. The SMILES string of the molecule is C=c1c(N(c2ccccc2)c2ccccc2)cc2c(cc(N(c3ccccc3)c3ccccc3)c3ccccc32)/c1=C/CCC. The van der Waals surface area contributed by atoms with Gasteiger partial charge in [-0.25, -0.2) is 0 Å². The molecule has 45 heavy (non-hydrogen) atoms. The molecule has 0 fully saturated rings. The minimum absolute atomic E-state index is 0.973. The fourth-order valence-corrected chi connectivity index (χ4v) is 6.35. The summed E-state index contributed by atoms with van der Waals surface area (Å²) in [6, 6.07) is 56.1. The third-order valence-corrected chi connectivity index (χ3v) is 8.45. The first kappa shape index (κ1) is 28.2. The summed E-state index contributed by atoms with van der Waals surface area (Å²) in [5.74, 6) is 0. The van der Waals surface area contributed by atoms with E-state index in [1.54, 1.807) is 0 Å². The first-order chi connectivity index (χ1) is 22.2. The number of rotatable bonds is 8. The average molecular weight is 581 g/mol. The zero-order chi connectivity index (χ0) is 30.6. The first-order valence-electron chi connectivity index (χ1n) is 15.7. The molecule has 7 rings (SSSR count). The van der Waals surface area contributed by atoms with E-state index in [1.807, 2.05) is 0 Å². The van der Waals surface area contributed by atoms with Crippen LogP contribution in [0.1, 0.15) is 19.8 Å². The van der Waals surface area contributed by atoms with Crippen LogP contribution in [0.15, 0.2) is 158 Å². The van der Waals surface area contributed by atoms with Crippen LogP contribution in [-0.2, 0) is 0 Å². The lowest BCUT2D eigenvalue weighted by atomic mass is 9.95. The number of nitrogens with zero attached hydrogens (tertiary/aromatic N) is 2. The molecule has 0 aliphatic rings. The van der Waals surface area contributed by atoms with Crippen LogP contribution >= 0.6 is 0 Å². The summed E-state index contributed by atoms with van der Waals surface area (Å²) in [4.78, 5) is 4.72. The minimum Gasteiger partial charge on any atom is -0.310 e. The molecule has 0 aromatic heterocycles. The molecule has 7 aromatic carbocycles. The highest BCUT2D eigenvalue weighted by Crippen LogP contribution is 2.42. The molecule has 7 aromatic rings. The number of benzene rings is 7. The van der Waals surface area contributed by atoms with Crippen molar-refractivity contribution in [3.05, 3.63) is 168 Å². The fourth-order valence-electron chi connectivity index (χ4n) is 6.35. The van der Waals surface area contributed by atoms with Crippen molar-refractivity contribution in [2.45, 2.75) is 19.8 Å². The zero-order valence-corrected chi connectivity index (χ0v) is 25.6. The van der Waals surface area contributed by atoms with Crippen molar-refractivity contribution in [1.82, 2.24) is 0 Å². The number of para-hydroxylation sites is 4. The average Bonchev–Trinajstić information content (AvgIpc) is 3.10. The van der Waals surface area contributed by atoms with Crippen LogP contribution in [0.2, 0.25) is 0 Å². The summed E-state index contributed by atoms with van der Waals surface area (Å²) in [5, 5.41) is 7.06. The fraction of sp³-hybridized carbons (Fsp3) is 0.0698. The molecular formula is C43H36N2. The lowest BCUT2D eigenvalue weighted by molar-refractivity contribution is 0.992. The summed E-state index contributed by atoms with van der Waals surface area (Å²) < 4.78 is 0. The molecule has 0 saturated heterocycles. The highest BCUT2D eigenvalue weighted by Gasteiger charge is 2.20. The first-order valence-corrected chi connectivity index (χ1v) is 15.7. The highest BCUT2D eigenvalue weighted by atomic mass is 15.1. The maximum Gasteiger partial charge on any atom is 0.0546 e. The summed E-state index contributed by atoms with van der Waals surface area (Å²) in [5.41, 5.74) is 6.69. The van der Waals surface area contributed by atoms with Gasteiger partial charge in [0.2, 0.25) is 0 Å². The van der Waals surface area contributed by atoms with Gasteiger partial charge in [-0.2, -0.15) is 0 Å². The predicted octanol–water partition coefficient (Wildman–Crippen LogP) is 10.9. The molecule has 0 saturated carbocycles. The molecule has 2 heteroatoms. The van der Waals surface area contributed by atoms with Gasteiger partial charge in [0, 0.05) is 28.1 Å². The second kappa shape index (κ2) is 12.6. The molecular weight excluding hydrogens is 544 g/mol. The van der Waals surface area contributed by atoms with Gasteiger partial charge in [0.1, 0.15) is 0 Å². The molecule has 218 valence electrons. The lowest BCUT2D eigenvalue weighted by Gasteiger charge is -2.29. The monoisotopic (exact) mass is 580 g/mol. The Morgan fingerprint density at radius 2 is 0.867 bits per heavy atom. The van der Waals surface area contributed by atoms with Gasteiger partial charge in [-0.1, -0.05) is 123 Å². The summed E-state index contributed by atoms with van der Waals surface area (Å²) >= 11 is 0. The smallest absolute Gasteiger partial charge is 0.0546 e. The van der Waals surface area contributed by atoms with Gasteiger partial charge >= 0.3 is 0 Å². The Labute approximate surface area is 265 Å². The van der Waals surface area contributed by atoms with Crippen molar-refractivity contribution in [3.8, 4) is 0 Å². The van der Waals surface area contributed by atoms with Crippen molar-refractivity contribution in [2.75, 3.05) is 9.80 Å². The van der Waals surface area contributed by atoms with Crippen molar-refractivity contribution in [1.29, 1.82) is 0 Å². The van der Waals surface area contributed by atoms with E-state index in [0.717, 1.165) is 52.2 Å². The van der Waals surface area contributed by atoms with E-state index in [9.17, 15) is 0 Å². The van der Waals surface area contributed by atoms with Gasteiger partial charge in [-0.15, -0.1) is 0 Å². The maximum atomic E-state index is 4.78. The number of fused-ring (bicyclic) bond motifs is 3. The van der Waals surface area contributed by atoms with Crippen molar-refractivity contribution in [2.24, 2.45) is 0 Å². The summed E-state index contributed by atoms with van der Waals surface area (Å²) in [6.45, 7) is 7.01. The molecule has 0 radical (unpaired) electrons. The second-order valence-electron chi connectivity index (χ2n) is 11.3. The van der Waals surface area contributed by atoms with Crippen LogP contribution in [-0.4, -0.2) is 0 Å². The lowest BCUT2D eigenvalue weighted by Crippen LogP contribution is -2.30. The Morgan fingerprint density at radius 1 is 0.467 bits per heavy atom. The molecule has 0 amide bonds. The quantitative estimate of drug-likeness (QED) is 0.165. The molecule has 0 spiro atoms. The Morgan fingerprint density at radius 3 is 1.33 bits per heavy atom. The van der Waals surface area contributed by atoms with E-state index in [2.05, 4.69) is 181 Å². The molecule has 0 unspecified atom stereocenters. The summed E-state index contributed by atoms with van der Waals surface area (Å²) in [7, 11) is 0. The van der Waals surface area contributed by atoms with E-state index in [-0.39, 0.29) is 0 Å². The Bertz CT molecular complexity index is 2100. The number of anilines is 6. The maximum absolute atomic E-state index is 4.78. The van der Waals surface area contributed by atoms with Gasteiger partial charge in [-0.3, -0.25) is 0 Å². The molecule has 0 aliphatic heterocycles. The third kappa shape index (κ3) is 5.36. The van der Waals surface area contributed by atoms with Crippen LogP contribution in [0, 0.1) is 0 Å². The van der Waals surface area contributed by atoms with Gasteiger partial charge < -0.3 is 9.80 Å². The summed E-state index contributed by atoms with van der Waals surface area (Å²) in [6.07, 6.45) is 4.42. The Hall–Kier alpha value is -5.60. The van der Waals surface area contributed by atoms with E-state index in [1.165, 1.54) is 26.8 Å². The van der Waals surface area contributed by atoms with Crippen LogP contribution < -0.4 is 20.2 Å². The normalized spacial score (nSPS) is 11.6. The molecule has 0 atom stereocenters. The van der Waals surface area contributed by atoms with Crippen LogP contribution in [0.4, 0.5) is 34.1 Å². The minimum atomic E-state index is 0.973. The van der Waals surface area contributed by atoms with E-state index in [0.29, 0.717) is 0 Å². The number of hydrogen-bond acceptors (Lipinski definition) is 2. The molecule has 0 bridgehead atoms. The van der Waals surface area contributed by atoms with Crippen LogP contribution in [0.25, 0.3) is 34.2 Å². The van der Waals surface area contributed by atoms with E-state index in [4.69, 9.17) is 6.58 Å². The van der Waals surface area contributed by atoms with Crippen molar-refractivity contribution < 1.29 is 0 Å². The number of hydrogen-bond donors (Lipinski definition) is 0. The predicted molar refractivity (Wildman–Crippen MR) is 195 cm³/mol. The van der Waals surface area contributed by atoms with Gasteiger partial charge in [0.15, 0.2) is 0 Å². The number of unbranched alkanes of at least 4 members (excludes halogenated alkanes) is 1. The molecule has 0 heterocycles. The van der Waals surface area contributed by atoms with E-state index < -0.39 is 0 Å². The van der Waals surface area contributed by atoms with Crippen molar-refractivity contribution in [3.63, 3.8) is 0 Å². The van der Waals surface area contributed by atoms with Gasteiger partial charge in [-0.05, 0) is 93.7 Å². The molecule has 0 aliphatic carbocycles. The second-order valence-corrected chi connectivity index (χ2v) is 11.3. The van der Waals surface area contributed by atoms with Crippen molar-refractivity contribution >= 4 is 68.3 Å². The highest BCUT2D eigenvalue weighted by molar-refractivity contribution is 6.15. The van der Waals surface area contributed by atoms with E-state index >= 15 is 0 Å².